The van der Waals surface area contributed by atoms with Crippen molar-refractivity contribution in [3.63, 3.8) is 0 Å². The number of carbonyl (C=O) groups excluding carboxylic acids is 2. The number of benzene rings is 1. The topological polar surface area (TPSA) is 107 Å². The number of hydrogen-bond donors (Lipinski definition) is 2. The Balaban J connectivity index is 1.56. The summed E-state index contributed by atoms with van der Waals surface area (Å²) >= 11 is 0. The molecule has 1 aromatic carbocycles. The Labute approximate surface area is 173 Å². The molecule has 2 aromatic heterocycles. The third-order valence-corrected chi connectivity index (χ3v) is 4.05. The van der Waals surface area contributed by atoms with Gasteiger partial charge < -0.3 is 15.4 Å². The lowest BCUT2D eigenvalue weighted by molar-refractivity contribution is -0.116. The van der Waals surface area contributed by atoms with Gasteiger partial charge in [-0.15, -0.1) is 5.10 Å². The lowest BCUT2D eigenvalue weighted by atomic mass is 10.2. The van der Waals surface area contributed by atoms with E-state index in [1.54, 1.807) is 57.3 Å². The van der Waals surface area contributed by atoms with Crippen molar-refractivity contribution in [1.29, 1.82) is 0 Å². The second-order valence-electron chi connectivity index (χ2n) is 7.80. The zero-order valence-electron chi connectivity index (χ0n) is 17.2. The van der Waals surface area contributed by atoms with Crippen LogP contribution in [0.1, 0.15) is 32.8 Å². The molecule has 0 aliphatic heterocycles. The van der Waals surface area contributed by atoms with Crippen molar-refractivity contribution in [3.05, 3.63) is 64.7 Å². The third kappa shape index (κ3) is 5.69. The van der Waals surface area contributed by atoms with E-state index in [1.807, 2.05) is 12.1 Å². The largest absolute Gasteiger partial charge is 0.444 e. The highest BCUT2D eigenvalue weighted by atomic mass is 16.6. The number of rotatable bonds is 6. The first-order valence-electron chi connectivity index (χ1n) is 9.61. The van der Waals surface area contributed by atoms with Crippen molar-refractivity contribution in [3.8, 4) is 0 Å². The summed E-state index contributed by atoms with van der Waals surface area (Å²) in [5, 5.41) is 9.64. The summed E-state index contributed by atoms with van der Waals surface area (Å²) in [6.07, 6.45) is 1.22. The molecular formula is C21H25N5O4. The summed E-state index contributed by atoms with van der Waals surface area (Å²) in [5.74, 6) is -0.242. The van der Waals surface area contributed by atoms with E-state index in [9.17, 15) is 14.4 Å². The highest BCUT2D eigenvalue weighted by Crippen LogP contribution is 2.12. The Morgan fingerprint density at radius 2 is 1.93 bits per heavy atom. The van der Waals surface area contributed by atoms with Gasteiger partial charge in [0.15, 0.2) is 5.65 Å². The minimum atomic E-state index is -0.588. The zero-order chi connectivity index (χ0) is 21.7. The Hall–Kier alpha value is -3.62. The summed E-state index contributed by atoms with van der Waals surface area (Å²) in [5.41, 5.74) is 1.19. The Bertz CT molecular complexity index is 1110. The Kier molecular flexibility index (Phi) is 6.20. The molecule has 0 bridgehead atoms. The number of alkyl carbamates (subject to hydrolysis) is 1. The van der Waals surface area contributed by atoms with Gasteiger partial charge in [-0.3, -0.25) is 9.20 Å². The van der Waals surface area contributed by atoms with E-state index in [4.69, 9.17) is 4.74 Å². The van der Waals surface area contributed by atoms with Gasteiger partial charge in [0, 0.05) is 24.8 Å². The van der Waals surface area contributed by atoms with Crippen molar-refractivity contribution >= 4 is 23.3 Å². The number of nitrogens with zero attached hydrogens (tertiary/aromatic N) is 3. The summed E-state index contributed by atoms with van der Waals surface area (Å²) in [7, 11) is 0. The van der Waals surface area contributed by atoms with Crippen molar-refractivity contribution in [2.45, 2.75) is 39.3 Å². The average molecular weight is 411 g/mol. The maximum Gasteiger partial charge on any atom is 0.407 e. The number of pyridine rings is 1. The second kappa shape index (κ2) is 8.81. The van der Waals surface area contributed by atoms with Crippen LogP contribution in [0.5, 0.6) is 0 Å². The smallest absolute Gasteiger partial charge is 0.407 e. The number of nitrogens with one attached hydrogen (secondary N) is 2. The first kappa shape index (κ1) is 21.1. The molecule has 2 N–H and O–H groups in total. The van der Waals surface area contributed by atoms with Gasteiger partial charge in [-0.05, 0) is 50.6 Å². The maximum absolute atomic E-state index is 12.4. The molecule has 30 heavy (non-hydrogen) atoms. The number of hydrogen-bond acceptors (Lipinski definition) is 5. The van der Waals surface area contributed by atoms with Crippen molar-refractivity contribution in [2.75, 3.05) is 11.9 Å². The van der Waals surface area contributed by atoms with Crippen molar-refractivity contribution in [2.24, 2.45) is 0 Å². The van der Waals surface area contributed by atoms with Crippen LogP contribution in [-0.2, 0) is 16.1 Å². The predicted molar refractivity (Wildman–Crippen MR) is 112 cm³/mol. The first-order valence-corrected chi connectivity index (χ1v) is 9.61. The second-order valence-corrected chi connectivity index (χ2v) is 7.80. The normalized spacial score (nSPS) is 11.3. The fourth-order valence-corrected chi connectivity index (χ4v) is 2.81. The van der Waals surface area contributed by atoms with Crippen molar-refractivity contribution < 1.29 is 14.3 Å². The Morgan fingerprint density at radius 1 is 1.13 bits per heavy atom. The van der Waals surface area contributed by atoms with E-state index < -0.39 is 11.7 Å². The van der Waals surface area contributed by atoms with E-state index in [1.165, 1.54) is 9.08 Å². The number of aromatic nitrogens is 3. The number of carbonyl (C=O) groups is 2. The molecule has 3 aromatic rings. The molecule has 0 atom stereocenters. The van der Waals surface area contributed by atoms with Gasteiger partial charge in [-0.25, -0.2) is 14.3 Å². The van der Waals surface area contributed by atoms with E-state index in [-0.39, 0.29) is 31.1 Å². The monoisotopic (exact) mass is 411 g/mol. The molecule has 9 heteroatoms. The van der Waals surface area contributed by atoms with Gasteiger partial charge in [0.1, 0.15) is 5.60 Å². The molecule has 0 spiro atoms. The van der Waals surface area contributed by atoms with Crippen LogP contribution >= 0.6 is 0 Å². The quantitative estimate of drug-likeness (QED) is 0.648. The summed E-state index contributed by atoms with van der Waals surface area (Å²) < 4.78 is 7.98. The first-order chi connectivity index (χ1) is 14.2. The molecule has 0 aliphatic rings. The molecule has 0 fully saturated rings. The Morgan fingerprint density at radius 3 is 2.67 bits per heavy atom. The number of fused-ring (bicyclic) bond motifs is 1. The van der Waals surface area contributed by atoms with Crippen LogP contribution in [0.25, 0.3) is 5.65 Å². The summed E-state index contributed by atoms with van der Waals surface area (Å²) in [4.78, 5) is 36.2. The van der Waals surface area contributed by atoms with Crippen molar-refractivity contribution in [1.82, 2.24) is 19.5 Å². The summed E-state index contributed by atoms with van der Waals surface area (Å²) in [6.45, 7) is 5.76. The third-order valence-electron chi connectivity index (χ3n) is 4.05. The van der Waals surface area contributed by atoms with Gasteiger partial charge in [-0.2, -0.15) is 0 Å². The molecule has 0 saturated heterocycles. The maximum atomic E-state index is 12.4. The fraction of sp³-hybridized carbons (Fsp3) is 0.333. The molecule has 2 heterocycles. The number of anilines is 1. The van der Waals surface area contributed by atoms with Crippen LogP contribution < -0.4 is 16.3 Å². The fourth-order valence-electron chi connectivity index (χ4n) is 2.81. The number of ether oxygens (including phenoxy) is 1. The summed E-state index contributed by atoms with van der Waals surface area (Å²) in [6, 6.07) is 12.6. The molecule has 2 amide bonds. The van der Waals surface area contributed by atoms with E-state index >= 15 is 0 Å². The lowest BCUT2D eigenvalue weighted by Gasteiger charge is -2.19. The molecule has 0 unspecified atom stereocenters. The highest BCUT2D eigenvalue weighted by Gasteiger charge is 2.16. The van der Waals surface area contributed by atoms with Gasteiger partial charge in [-0.1, -0.05) is 18.2 Å². The number of amides is 2. The molecule has 3 rings (SSSR count). The van der Waals surface area contributed by atoms with E-state index in [0.29, 0.717) is 11.3 Å². The average Bonchev–Trinajstić information content (AvgIpc) is 2.96. The standard InChI is InChI=1S/C21H25N5O4/c1-21(2,3)30-19(28)22-11-10-18(27)23-16-8-6-7-15(13-16)14-26-20(29)25-12-5-4-9-17(25)24-26/h4-9,12-13H,10-11,14H2,1-3H3,(H,22,28)(H,23,27). The van der Waals surface area contributed by atoms with Gasteiger partial charge in [0.05, 0.1) is 6.54 Å². The van der Waals surface area contributed by atoms with Gasteiger partial charge in [0.2, 0.25) is 5.91 Å². The van der Waals surface area contributed by atoms with E-state index in [0.717, 1.165) is 5.56 Å². The van der Waals surface area contributed by atoms with Crippen LogP contribution in [0.4, 0.5) is 10.5 Å². The predicted octanol–water partition coefficient (Wildman–Crippen LogP) is 2.40. The highest BCUT2D eigenvalue weighted by molar-refractivity contribution is 5.91. The van der Waals surface area contributed by atoms with Crippen LogP contribution in [0.3, 0.4) is 0 Å². The van der Waals surface area contributed by atoms with E-state index in [2.05, 4.69) is 15.7 Å². The molecule has 0 aliphatic carbocycles. The van der Waals surface area contributed by atoms with Crippen LogP contribution in [-0.4, -0.2) is 38.3 Å². The lowest BCUT2D eigenvalue weighted by Crippen LogP contribution is -2.34. The van der Waals surface area contributed by atoms with Crippen LogP contribution in [0, 0.1) is 0 Å². The van der Waals surface area contributed by atoms with Crippen LogP contribution in [0.15, 0.2) is 53.5 Å². The molecule has 9 nitrogen and oxygen atoms in total. The molecular weight excluding hydrogens is 386 g/mol. The van der Waals surface area contributed by atoms with Gasteiger partial charge >= 0.3 is 11.8 Å². The SMILES string of the molecule is CC(C)(C)OC(=O)NCCC(=O)Nc1cccc(Cn2nc3ccccn3c2=O)c1. The zero-order valence-corrected chi connectivity index (χ0v) is 17.2. The molecule has 0 radical (unpaired) electrons. The van der Waals surface area contributed by atoms with Gasteiger partial charge in [0.25, 0.3) is 0 Å². The molecule has 0 saturated carbocycles. The molecule has 158 valence electrons. The van der Waals surface area contributed by atoms with Crippen LogP contribution in [0.2, 0.25) is 0 Å². The minimum absolute atomic E-state index is 0.107. The minimum Gasteiger partial charge on any atom is -0.444 e.